The number of aromatic nitrogens is 3. The largest absolute Gasteiger partial charge is 0.351 e. The van der Waals surface area contributed by atoms with Crippen LogP contribution in [-0.2, 0) is 6.42 Å². The number of hydrogen-bond acceptors (Lipinski definition) is 3. The van der Waals surface area contributed by atoms with Gasteiger partial charge in [0, 0.05) is 29.5 Å². The predicted molar refractivity (Wildman–Crippen MR) is 132 cm³/mol. The summed E-state index contributed by atoms with van der Waals surface area (Å²) >= 11 is 5.87. The first kappa shape index (κ1) is 20.4. The van der Waals surface area contributed by atoms with Crippen molar-refractivity contribution < 1.29 is 0 Å². The fraction of sp³-hybridized carbons (Fsp3) is 0.192. The Balaban J connectivity index is 1.68. The fourth-order valence-corrected chi connectivity index (χ4v) is 4.80. The summed E-state index contributed by atoms with van der Waals surface area (Å²) in [4.78, 5) is 11.2. The maximum Gasteiger partial charge on any atom is 0.174 e. The Morgan fingerprint density at radius 1 is 0.938 bits per heavy atom. The van der Waals surface area contributed by atoms with E-state index in [1.807, 2.05) is 30.6 Å². The van der Waals surface area contributed by atoms with Gasteiger partial charge in [-0.15, -0.1) is 0 Å². The Morgan fingerprint density at radius 3 is 2.47 bits per heavy atom. The minimum atomic E-state index is -0.0840. The van der Waals surface area contributed by atoms with Crippen molar-refractivity contribution in [2.45, 2.75) is 32.4 Å². The van der Waals surface area contributed by atoms with E-state index < -0.39 is 0 Å². The van der Waals surface area contributed by atoms with Gasteiger partial charge in [0.2, 0.25) is 0 Å². The topological polar surface area (TPSA) is 46.0 Å². The predicted octanol–water partition coefficient (Wildman–Crippen LogP) is 5.32. The van der Waals surface area contributed by atoms with Crippen LogP contribution in [0.15, 0.2) is 85.3 Å². The van der Waals surface area contributed by atoms with Gasteiger partial charge >= 0.3 is 0 Å². The third kappa shape index (κ3) is 3.56. The SMILES string of the molecule is CCc1ccc(N2C(=S)N[C@H](c3ccccn3)[C@@H]2c2ccc(C)n2-c2cccnc2)cc1. The van der Waals surface area contributed by atoms with Gasteiger partial charge in [-0.25, -0.2) is 0 Å². The van der Waals surface area contributed by atoms with Crippen molar-refractivity contribution in [1.82, 2.24) is 19.9 Å². The second-order valence-electron chi connectivity index (χ2n) is 7.96. The summed E-state index contributed by atoms with van der Waals surface area (Å²) in [5, 5.41) is 4.25. The molecule has 1 aliphatic rings. The van der Waals surface area contributed by atoms with E-state index in [-0.39, 0.29) is 12.1 Å². The van der Waals surface area contributed by atoms with E-state index in [1.54, 1.807) is 6.20 Å². The number of rotatable bonds is 5. The summed E-state index contributed by atoms with van der Waals surface area (Å²) < 4.78 is 2.26. The van der Waals surface area contributed by atoms with Crippen LogP contribution in [0.5, 0.6) is 0 Å². The zero-order valence-corrected chi connectivity index (χ0v) is 19.0. The smallest absolute Gasteiger partial charge is 0.174 e. The number of aryl methyl sites for hydroxylation is 2. The molecule has 5 rings (SSSR count). The van der Waals surface area contributed by atoms with E-state index in [0.717, 1.165) is 34.9 Å². The van der Waals surface area contributed by atoms with Crippen LogP contribution >= 0.6 is 12.2 Å². The first-order chi connectivity index (χ1) is 15.7. The normalized spacial score (nSPS) is 18.1. The lowest BCUT2D eigenvalue weighted by Gasteiger charge is -2.29. The van der Waals surface area contributed by atoms with Crippen LogP contribution in [-0.4, -0.2) is 19.6 Å². The Bertz CT molecular complexity index is 1220. The number of nitrogens with zero attached hydrogens (tertiary/aromatic N) is 4. The molecule has 0 aliphatic carbocycles. The van der Waals surface area contributed by atoms with E-state index in [0.29, 0.717) is 5.11 Å². The molecule has 32 heavy (non-hydrogen) atoms. The minimum absolute atomic E-state index is 0.0706. The van der Waals surface area contributed by atoms with Gasteiger partial charge in [-0.3, -0.25) is 9.97 Å². The molecular formula is C26H25N5S. The highest BCUT2D eigenvalue weighted by Gasteiger charge is 2.42. The molecule has 0 spiro atoms. The Labute approximate surface area is 193 Å². The Kier molecular flexibility index (Phi) is 5.45. The zero-order chi connectivity index (χ0) is 22.1. The number of hydrogen-bond donors (Lipinski definition) is 1. The molecule has 3 aromatic heterocycles. The summed E-state index contributed by atoms with van der Waals surface area (Å²) in [6.07, 6.45) is 6.53. The van der Waals surface area contributed by atoms with Crippen LogP contribution in [0.1, 0.15) is 41.7 Å². The highest BCUT2D eigenvalue weighted by molar-refractivity contribution is 7.80. The molecule has 0 saturated carbocycles. The van der Waals surface area contributed by atoms with E-state index in [9.17, 15) is 0 Å². The van der Waals surface area contributed by atoms with Crippen molar-refractivity contribution >= 4 is 23.0 Å². The van der Waals surface area contributed by atoms with E-state index in [2.05, 4.69) is 87.1 Å². The standard InChI is InChI=1S/C26H25N5S/c1-3-19-10-12-20(13-11-19)31-25(24(29-26(31)32)22-8-4-5-16-28-22)23-14-9-18(2)30(23)21-7-6-15-27-17-21/h4-17,24-25H,3H2,1-2H3,(H,29,32)/t24-,25+/m1/s1. The molecule has 1 aliphatic heterocycles. The number of pyridine rings is 2. The van der Waals surface area contributed by atoms with E-state index in [1.165, 1.54) is 5.56 Å². The molecule has 160 valence electrons. The number of anilines is 1. The molecule has 6 heteroatoms. The van der Waals surface area contributed by atoms with Crippen molar-refractivity contribution in [3.63, 3.8) is 0 Å². The minimum Gasteiger partial charge on any atom is -0.351 e. The summed E-state index contributed by atoms with van der Waals surface area (Å²) in [5.41, 5.74) is 6.65. The number of thiocarbonyl (C=S) groups is 1. The molecule has 1 fully saturated rings. The van der Waals surface area contributed by atoms with Crippen molar-refractivity contribution in [1.29, 1.82) is 0 Å². The number of nitrogens with one attached hydrogen (secondary N) is 1. The lowest BCUT2D eigenvalue weighted by Crippen LogP contribution is -2.30. The quantitative estimate of drug-likeness (QED) is 0.427. The summed E-state index contributed by atoms with van der Waals surface area (Å²) in [7, 11) is 0. The van der Waals surface area contributed by atoms with Crippen LogP contribution in [0, 0.1) is 6.92 Å². The van der Waals surface area contributed by atoms with Gasteiger partial charge in [0.05, 0.1) is 23.6 Å². The Hall–Kier alpha value is -3.51. The summed E-state index contributed by atoms with van der Waals surface area (Å²) in [6.45, 7) is 4.29. The van der Waals surface area contributed by atoms with Crippen LogP contribution < -0.4 is 10.2 Å². The van der Waals surface area contributed by atoms with Gasteiger partial charge in [0.25, 0.3) is 0 Å². The van der Waals surface area contributed by atoms with Crippen molar-refractivity contribution in [2.24, 2.45) is 0 Å². The van der Waals surface area contributed by atoms with Crippen LogP contribution in [0.2, 0.25) is 0 Å². The highest BCUT2D eigenvalue weighted by Crippen LogP contribution is 2.42. The first-order valence-corrected chi connectivity index (χ1v) is 11.3. The molecule has 4 heterocycles. The molecule has 1 aromatic carbocycles. The van der Waals surface area contributed by atoms with Gasteiger partial charge in [-0.05, 0) is 79.7 Å². The highest BCUT2D eigenvalue weighted by atomic mass is 32.1. The molecule has 0 radical (unpaired) electrons. The van der Waals surface area contributed by atoms with Gasteiger partial charge in [-0.1, -0.05) is 25.1 Å². The molecule has 1 saturated heterocycles. The van der Waals surface area contributed by atoms with Crippen LogP contribution in [0.4, 0.5) is 5.69 Å². The molecular weight excluding hydrogens is 414 g/mol. The molecule has 5 nitrogen and oxygen atoms in total. The molecule has 0 unspecified atom stereocenters. The lowest BCUT2D eigenvalue weighted by molar-refractivity contribution is 0.548. The molecule has 2 atom stereocenters. The van der Waals surface area contributed by atoms with Gasteiger partial charge < -0.3 is 14.8 Å². The maximum absolute atomic E-state index is 5.87. The van der Waals surface area contributed by atoms with Gasteiger partial charge in [0.1, 0.15) is 6.04 Å². The third-order valence-electron chi connectivity index (χ3n) is 6.03. The molecule has 1 N–H and O–H groups in total. The van der Waals surface area contributed by atoms with Crippen LogP contribution in [0.3, 0.4) is 0 Å². The number of benzene rings is 1. The fourth-order valence-electron chi connectivity index (χ4n) is 4.45. The van der Waals surface area contributed by atoms with E-state index >= 15 is 0 Å². The molecule has 0 amide bonds. The average molecular weight is 440 g/mol. The first-order valence-electron chi connectivity index (χ1n) is 10.9. The van der Waals surface area contributed by atoms with Crippen molar-refractivity contribution in [3.05, 3.63) is 108 Å². The van der Waals surface area contributed by atoms with Crippen molar-refractivity contribution in [2.75, 3.05) is 4.90 Å². The second-order valence-corrected chi connectivity index (χ2v) is 8.35. The third-order valence-corrected chi connectivity index (χ3v) is 6.35. The molecule has 4 aromatic rings. The van der Waals surface area contributed by atoms with Crippen molar-refractivity contribution in [3.8, 4) is 5.69 Å². The second kappa shape index (κ2) is 8.55. The Morgan fingerprint density at radius 2 is 1.78 bits per heavy atom. The monoisotopic (exact) mass is 439 g/mol. The van der Waals surface area contributed by atoms with E-state index in [4.69, 9.17) is 12.2 Å². The van der Waals surface area contributed by atoms with Gasteiger partial charge in [0.15, 0.2) is 5.11 Å². The zero-order valence-electron chi connectivity index (χ0n) is 18.1. The van der Waals surface area contributed by atoms with Gasteiger partial charge in [-0.2, -0.15) is 0 Å². The van der Waals surface area contributed by atoms with Crippen LogP contribution in [0.25, 0.3) is 5.69 Å². The summed E-state index contributed by atoms with van der Waals surface area (Å²) in [5.74, 6) is 0. The summed E-state index contributed by atoms with van der Waals surface area (Å²) in [6, 6.07) is 22.9. The molecule has 0 bridgehead atoms. The maximum atomic E-state index is 5.87. The average Bonchev–Trinajstić information content (AvgIpc) is 3.39. The lowest BCUT2D eigenvalue weighted by atomic mass is 10.0.